The van der Waals surface area contributed by atoms with Gasteiger partial charge in [0.25, 0.3) is 0 Å². The Hall–Kier alpha value is -3.00. The van der Waals surface area contributed by atoms with E-state index in [9.17, 15) is 4.79 Å². The van der Waals surface area contributed by atoms with Crippen molar-refractivity contribution >= 4 is 5.91 Å². The summed E-state index contributed by atoms with van der Waals surface area (Å²) in [5, 5.41) is 12.1. The molecule has 0 saturated carbocycles. The first-order valence-electron chi connectivity index (χ1n) is 9.55. The molecule has 1 aliphatic heterocycles. The number of carbonyl (C=O) groups excluding carboxylic acids is 1. The number of rotatable bonds is 6. The van der Waals surface area contributed by atoms with Crippen LogP contribution < -0.4 is 5.32 Å². The smallest absolute Gasteiger partial charge is 0.223 e. The summed E-state index contributed by atoms with van der Waals surface area (Å²) in [5.41, 5.74) is 3.85. The van der Waals surface area contributed by atoms with Gasteiger partial charge in [-0.25, -0.2) is 0 Å². The summed E-state index contributed by atoms with van der Waals surface area (Å²) in [5.74, 6) is 0.714. The van der Waals surface area contributed by atoms with Crippen LogP contribution in [0.4, 0.5) is 0 Å². The second-order valence-corrected chi connectivity index (χ2v) is 7.04. The molecule has 0 spiro atoms. The Bertz CT molecular complexity index is 910. The van der Waals surface area contributed by atoms with Crippen molar-refractivity contribution in [3.63, 3.8) is 0 Å². The van der Waals surface area contributed by atoms with E-state index in [0.717, 1.165) is 43.0 Å². The molecule has 0 atom stereocenters. The Morgan fingerprint density at radius 2 is 2.18 bits per heavy atom. The lowest BCUT2D eigenvalue weighted by Crippen LogP contribution is -2.26. The van der Waals surface area contributed by atoms with E-state index in [-0.39, 0.29) is 5.91 Å². The number of nitrogens with zero attached hydrogens (tertiary/aromatic N) is 5. The monoisotopic (exact) mass is 380 g/mol. The SMILES string of the molecule is CN(Cc1cc(-c2ccncc2)no1)C(=O)CCc1cc2n(n1)CCCNC2. The number of amides is 1. The fourth-order valence-corrected chi connectivity index (χ4v) is 3.34. The van der Waals surface area contributed by atoms with Gasteiger partial charge in [0, 0.05) is 57.0 Å². The van der Waals surface area contributed by atoms with E-state index in [4.69, 9.17) is 4.52 Å². The summed E-state index contributed by atoms with van der Waals surface area (Å²) < 4.78 is 7.44. The van der Waals surface area contributed by atoms with Crippen molar-refractivity contribution in [2.75, 3.05) is 13.6 Å². The van der Waals surface area contributed by atoms with Gasteiger partial charge in [-0.2, -0.15) is 5.10 Å². The number of aryl methyl sites for hydroxylation is 2. The Labute approximate surface area is 163 Å². The molecule has 0 fully saturated rings. The molecule has 0 aromatic carbocycles. The fraction of sp³-hybridized carbons (Fsp3) is 0.400. The van der Waals surface area contributed by atoms with E-state index in [1.807, 2.05) is 18.2 Å². The highest BCUT2D eigenvalue weighted by molar-refractivity contribution is 5.76. The molecular formula is C20H24N6O2. The maximum absolute atomic E-state index is 12.5. The minimum absolute atomic E-state index is 0.0585. The molecular weight excluding hydrogens is 356 g/mol. The van der Waals surface area contributed by atoms with E-state index >= 15 is 0 Å². The Kier molecular flexibility index (Phi) is 5.48. The van der Waals surface area contributed by atoms with Gasteiger partial charge in [-0.3, -0.25) is 14.5 Å². The minimum atomic E-state index is 0.0585. The lowest BCUT2D eigenvalue weighted by Gasteiger charge is -2.14. The molecule has 1 aliphatic rings. The summed E-state index contributed by atoms with van der Waals surface area (Å²) in [6.45, 7) is 3.18. The average Bonchev–Trinajstić information content (AvgIpc) is 3.28. The van der Waals surface area contributed by atoms with Gasteiger partial charge in [-0.05, 0) is 31.2 Å². The van der Waals surface area contributed by atoms with E-state index in [0.29, 0.717) is 25.1 Å². The number of nitrogens with one attached hydrogen (secondary N) is 1. The minimum Gasteiger partial charge on any atom is -0.359 e. The van der Waals surface area contributed by atoms with Crippen LogP contribution in [0.2, 0.25) is 0 Å². The Balaban J connectivity index is 1.31. The van der Waals surface area contributed by atoms with Gasteiger partial charge < -0.3 is 14.7 Å². The topological polar surface area (TPSA) is 89.1 Å². The third-order valence-corrected chi connectivity index (χ3v) is 4.89. The fourth-order valence-electron chi connectivity index (χ4n) is 3.34. The molecule has 1 amide bonds. The number of hydrogen-bond donors (Lipinski definition) is 1. The maximum atomic E-state index is 12.5. The molecule has 1 N–H and O–H groups in total. The predicted octanol–water partition coefficient (Wildman–Crippen LogP) is 2.02. The van der Waals surface area contributed by atoms with Crippen molar-refractivity contribution in [1.82, 2.24) is 30.1 Å². The maximum Gasteiger partial charge on any atom is 0.223 e. The van der Waals surface area contributed by atoms with Crippen molar-refractivity contribution < 1.29 is 9.32 Å². The molecule has 8 nitrogen and oxygen atoms in total. The van der Waals surface area contributed by atoms with Gasteiger partial charge in [0.05, 0.1) is 17.9 Å². The van der Waals surface area contributed by atoms with Crippen LogP contribution in [0.15, 0.2) is 41.2 Å². The van der Waals surface area contributed by atoms with Crippen LogP contribution in [-0.2, 0) is 30.8 Å². The first-order valence-corrected chi connectivity index (χ1v) is 9.55. The van der Waals surface area contributed by atoms with E-state index in [1.165, 1.54) is 5.69 Å². The van der Waals surface area contributed by atoms with Gasteiger partial charge in [0.1, 0.15) is 5.69 Å². The quantitative estimate of drug-likeness (QED) is 0.704. The average molecular weight is 380 g/mol. The second-order valence-electron chi connectivity index (χ2n) is 7.04. The standard InChI is InChI=1S/C20H24N6O2/c1-25(14-18-12-19(24-28-18)15-5-8-21-9-6-15)20(27)4-3-16-11-17-13-22-7-2-10-26(17)23-16/h5-6,8-9,11-12,22H,2-4,7,10,13-14H2,1H3. The molecule has 0 aliphatic carbocycles. The molecule has 3 aromatic heterocycles. The number of carbonyl (C=O) groups is 1. The third kappa shape index (κ3) is 4.28. The molecule has 4 heterocycles. The zero-order valence-electron chi connectivity index (χ0n) is 16.0. The molecule has 8 heteroatoms. The van der Waals surface area contributed by atoms with Crippen molar-refractivity contribution in [3.8, 4) is 11.3 Å². The summed E-state index contributed by atoms with van der Waals surface area (Å²) in [6.07, 6.45) is 5.57. The first kappa shape index (κ1) is 18.4. The van der Waals surface area contributed by atoms with Gasteiger partial charge in [0.15, 0.2) is 5.76 Å². The highest BCUT2D eigenvalue weighted by Crippen LogP contribution is 2.19. The van der Waals surface area contributed by atoms with Gasteiger partial charge in [-0.15, -0.1) is 0 Å². The van der Waals surface area contributed by atoms with Crippen LogP contribution in [0.25, 0.3) is 11.3 Å². The van der Waals surface area contributed by atoms with Crippen LogP contribution in [0, 0.1) is 0 Å². The predicted molar refractivity (Wildman–Crippen MR) is 103 cm³/mol. The number of pyridine rings is 1. The number of aromatic nitrogens is 4. The van der Waals surface area contributed by atoms with Gasteiger partial charge in [-0.1, -0.05) is 5.16 Å². The lowest BCUT2D eigenvalue weighted by atomic mass is 10.2. The summed E-state index contributed by atoms with van der Waals surface area (Å²) in [7, 11) is 1.78. The van der Waals surface area contributed by atoms with Crippen LogP contribution in [0.3, 0.4) is 0 Å². The molecule has 0 unspecified atom stereocenters. The largest absolute Gasteiger partial charge is 0.359 e. The molecule has 0 bridgehead atoms. The van der Waals surface area contributed by atoms with E-state index in [1.54, 1.807) is 24.3 Å². The Morgan fingerprint density at radius 1 is 1.32 bits per heavy atom. The number of hydrogen-bond acceptors (Lipinski definition) is 6. The van der Waals surface area contributed by atoms with E-state index < -0.39 is 0 Å². The highest BCUT2D eigenvalue weighted by Gasteiger charge is 2.16. The summed E-state index contributed by atoms with van der Waals surface area (Å²) >= 11 is 0. The highest BCUT2D eigenvalue weighted by atomic mass is 16.5. The normalized spacial score (nSPS) is 13.8. The van der Waals surface area contributed by atoms with Crippen molar-refractivity contribution in [2.24, 2.45) is 0 Å². The summed E-state index contributed by atoms with van der Waals surface area (Å²) in [4.78, 5) is 18.2. The molecule has 3 aromatic rings. The zero-order chi connectivity index (χ0) is 19.3. The number of fused-ring (bicyclic) bond motifs is 1. The van der Waals surface area contributed by atoms with Gasteiger partial charge >= 0.3 is 0 Å². The van der Waals surface area contributed by atoms with Crippen molar-refractivity contribution in [1.29, 1.82) is 0 Å². The molecule has 0 radical (unpaired) electrons. The summed E-state index contributed by atoms with van der Waals surface area (Å²) in [6, 6.07) is 7.71. The lowest BCUT2D eigenvalue weighted by molar-refractivity contribution is -0.130. The first-order chi connectivity index (χ1) is 13.7. The van der Waals surface area contributed by atoms with Crippen molar-refractivity contribution in [2.45, 2.75) is 38.9 Å². The second kappa shape index (κ2) is 8.35. The van der Waals surface area contributed by atoms with Gasteiger partial charge in [0.2, 0.25) is 5.91 Å². The molecule has 28 heavy (non-hydrogen) atoms. The van der Waals surface area contributed by atoms with Crippen LogP contribution in [0.1, 0.15) is 30.0 Å². The molecule has 0 saturated heterocycles. The van der Waals surface area contributed by atoms with Crippen LogP contribution in [0.5, 0.6) is 0 Å². The van der Waals surface area contributed by atoms with Crippen LogP contribution >= 0.6 is 0 Å². The molecule has 4 rings (SSSR count). The van der Waals surface area contributed by atoms with Crippen LogP contribution in [-0.4, -0.2) is 44.3 Å². The van der Waals surface area contributed by atoms with Crippen molar-refractivity contribution in [3.05, 3.63) is 53.8 Å². The molecule has 146 valence electrons. The van der Waals surface area contributed by atoms with E-state index in [2.05, 4.69) is 31.3 Å². The zero-order valence-corrected chi connectivity index (χ0v) is 16.0. The third-order valence-electron chi connectivity index (χ3n) is 4.89. The Morgan fingerprint density at radius 3 is 3.04 bits per heavy atom.